The van der Waals surface area contributed by atoms with Crippen LogP contribution in [0.2, 0.25) is 0 Å². The molecule has 0 bridgehead atoms. The number of methoxy groups -OCH3 is 1. The van der Waals surface area contributed by atoms with Gasteiger partial charge in [-0.15, -0.1) is 0 Å². The molecule has 0 aliphatic rings. The van der Waals surface area contributed by atoms with Crippen molar-refractivity contribution in [1.29, 1.82) is 0 Å². The molecule has 0 fully saturated rings. The van der Waals surface area contributed by atoms with Crippen LogP contribution in [0.15, 0.2) is 24.3 Å². The van der Waals surface area contributed by atoms with Crippen molar-refractivity contribution in [2.45, 2.75) is 45.6 Å². The fourth-order valence-electron chi connectivity index (χ4n) is 2.15. The molecule has 1 aromatic carbocycles. The zero-order valence-corrected chi connectivity index (χ0v) is 11.3. The average Bonchev–Trinajstić information content (AvgIpc) is 2.37. The second kappa shape index (κ2) is 8.13. The molecular formula is C15H25NO. The summed E-state index contributed by atoms with van der Waals surface area (Å²) >= 11 is 0. The molecule has 0 radical (unpaired) electrons. The molecule has 1 rings (SSSR count). The maximum atomic E-state index is 5.24. The van der Waals surface area contributed by atoms with Crippen LogP contribution in [-0.2, 0) is 6.42 Å². The monoisotopic (exact) mass is 235 g/mol. The maximum Gasteiger partial charge on any atom is 0.119 e. The third kappa shape index (κ3) is 5.22. The molecule has 0 aliphatic heterocycles. The van der Waals surface area contributed by atoms with Crippen molar-refractivity contribution in [3.63, 3.8) is 0 Å². The third-order valence-corrected chi connectivity index (χ3v) is 3.05. The highest BCUT2D eigenvalue weighted by Gasteiger charge is 2.06. The lowest BCUT2D eigenvalue weighted by atomic mass is 10.0. The minimum absolute atomic E-state index is 0.649. The molecule has 1 atom stereocenters. The lowest BCUT2D eigenvalue weighted by molar-refractivity contribution is 0.413. The summed E-state index contributed by atoms with van der Waals surface area (Å²) in [4.78, 5) is 0. The van der Waals surface area contributed by atoms with Crippen molar-refractivity contribution < 1.29 is 4.74 Å². The minimum Gasteiger partial charge on any atom is -0.497 e. The van der Waals surface area contributed by atoms with E-state index in [4.69, 9.17) is 4.74 Å². The van der Waals surface area contributed by atoms with Gasteiger partial charge >= 0.3 is 0 Å². The van der Waals surface area contributed by atoms with Crippen LogP contribution >= 0.6 is 0 Å². The molecule has 2 heteroatoms. The Balaban J connectivity index is 2.46. The molecule has 1 N–H and O–H groups in total. The number of nitrogens with one attached hydrogen (secondary N) is 1. The van der Waals surface area contributed by atoms with E-state index in [0.29, 0.717) is 6.04 Å². The van der Waals surface area contributed by atoms with Crippen LogP contribution in [0.1, 0.15) is 38.7 Å². The van der Waals surface area contributed by atoms with Crippen LogP contribution in [0, 0.1) is 0 Å². The zero-order valence-electron chi connectivity index (χ0n) is 11.3. The van der Waals surface area contributed by atoms with Gasteiger partial charge in [-0.2, -0.15) is 0 Å². The van der Waals surface area contributed by atoms with E-state index < -0.39 is 0 Å². The van der Waals surface area contributed by atoms with Gasteiger partial charge in [-0.05, 0) is 43.5 Å². The van der Waals surface area contributed by atoms with Crippen molar-refractivity contribution in [2.24, 2.45) is 0 Å². The lowest BCUT2D eigenvalue weighted by Crippen LogP contribution is -2.29. The summed E-state index contributed by atoms with van der Waals surface area (Å²) in [6, 6.07) is 9.02. The first-order chi connectivity index (χ1) is 8.30. The van der Waals surface area contributed by atoms with Gasteiger partial charge in [0.15, 0.2) is 0 Å². The van der Waals surface area contributed by atoms with E-state index in [0.717, 1.165) is 18.7 Å². The standard InChI is InChI=1S/C15H25NO/c1-4-7-14(16-5-2)11-10-13-8-6-9-15(12-13)17-3/h6,8-9,12,14,16H,4-5,7,10-11H2,1-3H3. The SMILES string of the molecule is CCCC(CCc1cccc(OC)c1)NCC. The van der Waals surface area contributed by atoms with Gasteiger partial charge in [0.25, 0.3) is 0 Å². The van der Waals surface area contributed by atoms with E-state index in [2.05, 4.69) is 37.4 Å². The molecular weight excluding hydrogens is 210 g/mol. The molecule has 0 heterocycles. The Bertz CT molecular complexity index is 306. The molecule has 17 heavy (non-hydrogen) atoms. The lowest BCUT2D eigenvalue weighted by Gasteiger charge is -2.17. The molecule has 0 aliphatic carbocycles. The Labute approximate surface area is 105 Å². The van der Waals surface area contributed by atoms with Gasteiger partial charge < -0.3 is 10.1 Å². The topological polar surface area (TPSA) is 21.3 Å². The Kier molecular flexibility index (Phi) is 6.71. The normalized spacial score (nSPS) is 12.4. The van der Waals surface area contributed by atoms with Gasteiger partial charge in [0.1, 0.15) is 5.75 Å². The zero-order chi connectivity index (χ0) is 12.5. The Hall–Kier alpha value is -1.02. The molecule has 96 valence electrons. The van der Waals surface area contributed by atoms with Crippen LogP contribution < -0.4 is 10.1 Å². The molecule has 0 spiro atoms. The third-order valence-electron chi connectivity index (χ3n) is 3.05. The molecule has 1 unspecified atom stereocenters. The van der Waals surface area contributed by atoms with Crippen LogP contribution in [0.5, 0.6) is 5.75 Å². The van der Waals surface area contributed by atoms with Gasteiger partial charge in [-0.3, -0.25) is 0 Å². The van der Waals surface area contributed by atoms with Crippen molar-refractivity contribution in [2.75, 3.05) is 13.7 Å². The highest BCUT2D eigenvalue weighted by molar-refractivity contribution is 5.28. The Morgan fingerprint density at radius 1 is 1.24 bits per heavy atom. The molecule has 0 amide bonds. The number of ether oxygens (including phenoxy) is 1. The van der Waals surface area contributed by atoms with Gasteiger partial charge in [0.2, 0.25) is 0 Å². The highest BCUT2D eigenvalue weighted by atomic mass is 16.5. The predicted octanol–water partition coefficient (Wildman–Crippen LogP) is 3.41. The number of rotatable bonds is 8. The van der Waals surface area contributed by atoms with E-state index in [1.165, 1.54) is 24.8 Å². The van der Waals surface area contributed by atoms with Crippen molar-refractivity contribution in [1.82, 2.24) is 5.32 Å². The predicted molar refractivity (Wildman–Crippen MR) is 73.7 cm³/mol. The summed E-state index contributed by atoms with van der Waals surface area (Å²) in [5.74, 6) is 0.956. The van der Waals surface area contributed by atoms with Crippen LogP contribution in [0.25, 0.3) is 0 Å². The maximum absolute atomic E-state index is 5.24. The quantitative estimate of drug-likeness (QED) is 0.745. The second-order valence-corrected chi connectivity index (χ2v) is 4.43. The largest absolute Gasteiger partial charge is 0.497 e. The van der Waals surface area contributed by atoms with Crippen molar-refractivity contribution in [3.8, 4) is 5.75 Å². The molecule has 2 nitrogen and oxygen atoms in total. The van der Waals surface area contributed by atoms with E-state index >= 15 is 0 Å². The fourth-order valence-corrected chi connectivity index (χ4v) is 2.15. The van der Waals surface area contributed by atoms with Gasteiger partial charge in [-0.1, -0.05) is 32.4 Å². The molecule has 0 saturated carbocycles. The fraction of sp³-hybridized carbons (Fsp3) is 0.600. The van der Waals surface area contributed by atoms with Crippen LogP contribution in [-0.4, -0.2) is 19.7 Å². The van der Waals surface area contributed by atoms with Crippen LogP contribution in [0.3, 0.4) is 0 Å². The summed E-state index contributed by atoms with van der Waals surface area (Å²) in [6.07, 6.45) is 4.83. The second-order valence-electron chi connectivity index (χ2n) is 4.43. The summed E-state index contributed by atoms with van der Waals surface area (Å²) in [7, 11) is 1.72. The van der Waals surface area contributed by atoms with E-state index in [-0.39, 0.29) is 0 Å². The Morgan fingerprint density at radius 3 is 2.71 bits per heavy atom. The first-order valence-electron chi connectivity index (χ1n) is 6.66. The summed E-state index contributed by atoms with van der Waals surface area (Å²) < 4.78 is 5.24. The van der Waals surface area contributed by atoms with E-state index in [1.807, 2.05) is 6.07 Å². The molecule has 1 aromatic rings. The van der Waals surface area contributed by atoms with Gasteiger partial charge in [-0.25, -0.2) is 0 Å². The number of aryl methyl sites for hydroxylation is 1. The minimum atomic E-state index is 0.649. The summed E-state index contributed by atoms with van der Waals surface area (Å²) in [5, 5.41) is 3.55. The first-order valence-corrected chi connectivity index (χ1v) is 6.66. The van der Waals surface area contributed by atoms with E-state index in [9.17, 15) is 0 Å². The average molecular weight is 235 g/mol. The number of benzene rings is 1. The van der Waals surface area contributed by atoms with E-state index in [1.54, 1.807) is 7.11 Å². The Morgan fingerprint density at radius 2 is 2.06 bits per heavy atom. The van der Waals surface area contributed by atoms with Gasteiger partial charge in [0, 0.05) is 6.04 Å². The number of hydrogen-bond acceptors (Lipinski definition) is 2. The number of hydrogen-bond donors (Lipinski definition) is 1. The molecule has 0 saturated heterocycles. The molecule has 0 aromatic heterocycles. The van der Waals surface area contributed by atoms with Crippen molar-refractivity contribution >= 4 is 0 Å². The van der Waals surface area contributed by atoms with Gasteiger partial charge in [0.05, 0.1) is 7.11 Å². The van der Waals surface area contributed by atoms with Crippen LogP contribution in [0.4, 0.5) is 0 Å². The first kappa shape index (κ1) is 14.0. The van der Waals surface area contributed by atoms with Crippen molar-refractivity contribution in [3.05, 3.63) is 29.8 Å². The summed E-state index contributed by atoms with van der Waals surface area (Å²) in [5.41, 5.74) is 1.36. The highest BCUT2D eigenvalue weighted by Crippen LogP contribution is 2.15. The smallest absolute Gasteiger partial charge is 0.119 e. The summed E-state index contributed by atoms with van der Waals surface area (Å²) in [6.45, 7) is 5.48.